The summed E-state index contributed by atoms with van der Waals surface area (Å²) in [6, 6.07) is 15.9. The summed E-state index contributed by atoms with van der Waals surface area (Å²) in [7, 11) is 0. The number of benzene rings is 2. The number of allylic oxidation sites excluding steroid dienone is 2. The maximum absolute atomic E-state index is 5.96. The summed E-state index contributed by atoms with van der Waals surface area (Å²) in [5, 5.41) is 3.81. The van der Waals surface area contributed by atoms with Crippen molar-refractivity contribution >= 4 is 17.4 Å². The van der Waals surface area contributed by atoms with Crippen LogP contribution in [0.1, 0.15) is 43.4 Å². The molecule has 2 nitrogen and oxygen atoms in total. The van der Waals surface area contributed by atoms with E-state index in [1.807, 2.05) is 0 Å². The largest absolute Gasteiger partial charge is 0.493 e. The second-order valence-electron chi connectivity index (χ2n) is 7.70. The number of hydrogen-bond donors (Lipinski definition) is 1. The van der Waals surface area contributed by atoms with Gasteiger partial charge in [0.25, 0.3) is 0 Å². The molecule has 0 saturated carbocycles. The highest BCUT2D eigenvalue weighted by Gasteiger charge is 2.38. The smallest absolute Gasteiger partial charge is 0.119 e. The number of ether oxygens (including phenoxy) is 1. The zero-order chi connectivity index (χ0) is 18.1. The summed E-state index contributed by atoms with van der Waals surface area (Å²) in [6.07, 6.45) is 7.99. The first kappa shape index (κ1) is 17.5. The lowest BCUT2D eigenvalue weighted by Crippen LogP contribution is -2.29. The molecule has 2 aliphatic rings. The molecule has 3 atom stereocenters. The third-order valence-corrected chi connectivity index (χ3v) is 6.14. The minimum Gasteiger partial charge on any atom is -0.493 e. The Morgan fingerprint density at radius 2 is 1.96 bits per heavy atom. The maximum Gasteiger partial charge on any atom is 0.119 e. The molecule has 0 saturated heterocycles. The number of fused-ring (bicyclic) bond motifs is 3. The Kier molecular flexibility index (Phi) is 4.99. The van der Waals surface area contributed by atoms with Crippen LogP contribution in [0.4, 0.5) is 5.69 Å². The molecule has 1 N–H and O–H groups in total. The predicted octanol–water partition coefficient (Wildman–Crippen LogP) is 6.27. The van der Waals surface area contributed by atoms with Gasteiger partial charge in [0.1, 0.15) is 5.75 Å². The van der Waals surface area contributed by atoms with E-state index in [9.17, 15) is 0 Å². The molecule has 0 radical (unpaired) electrons. The highest BCUT2D eigenvalue weighted by Crippen LogP contribution is 2.50. The van der Waals surface area contributed by atoms with Crippen LogP contribution in [0.3, 0.4) is 0 Å². The first-order valence-corrected chi connectivity index (χ1v) is 10.7. The second kappa shape index (κ2) is 7.40. The van der Waals surface area contributed by atoms with Crippen molar-refractivity contribution in [3.8, 4) is 5.75 Å². The Morgan fingerprint density at radius 1 is 1.15 bits per heavy atom. The van der Waals surface area contributed by atoms with Crippen molar-refractivity contribution in [2.24, 2.45) is 11.8 Å². The van der Waals surface area contributed by atoms with Crippen molar-refractivity contribution in [2.75, 3.05) is 18.2 Å². The van der Waals surface area contributed by atoms with E-state index in [0.29, 0.717) is 23.8 Å². The Labute approximate surface area is 161 Å². The average molecular weight is 366 g/mol. The zero-order valence-electron chi connectivity index (χ0n) is 15.7. The van der Waals surface area contributed by atoms with Gasteiger partial charge in [0, 0.05) is 16.5 Å². The van der Waals surface area contributed by atoms with E-state index in [0.717, 1.165) is 18.8 Å². The van der Waals surface area contributed by atoms with Crippen LogP contribution >= 0.6 is 11.8 Å². The van der Waals surface area contributed by atoms with E-state index in [1.165, 1.54) is 21.7 Å². The number of anilines is 1. The van der Waals surface area contributed by atoms with E-state index >= 15 is 0 Å². The van der Waals surface area contributed by atoms with Gasteiger partial charge in [-0.1, -0.05) is 38.1 Å². The lowest BCUT2D eigenvalue weighted by Gasteiger charge is -2.37. The van der Waals surface area contributed by atoms with Crippen LogP contribution < -0.4 is 10.1 Å². The molecule has 0 aromatic heterocycles. The van der Waals surface area contributed by atoms with Gasteiger partial charge in [0.05, 0.1) is 12.6 Å². The molecule has 0 spiro atoms. The number of nitrogens with one attached hydrogen (secondary N) is 1. The van der Waals surface area contributed by atoms with Crippen molar-refractivity contribution < 1.29 is 4.74 Å². The number of hydrogen-bond acceptors (Lipinski definition) is 3. The van der Waals surface area contributed by atoms with E-state index in [2.05, 4.69) is 80.0 Å². The lowest BCUT2D eigenvalue weighted by atomic mass is 9.77. The van der Waals surface area contributed by atoms with Gasteiger partial charge < -0.3 is 10.1 Å². The fraction of sp³-hybridized carbons (Fsp3) is 0.391. The summed E-state index contributed by atoms with van der Waals surface area (Å²) < 4.78 is 5.96. The first-order chi connectivity index (χ1) is 12.7. The molecule has 26 heavy (non-hydrogen) atoms. The molecule has 4 rings (SSSR count). The summed E-state index contributed by atoms with van der Waals surface area (Å²) >= 11 is 1.79. The van der Waals surface area contributed by atoms with E-state index < -0.39 is 0 Å². The summed E-state index contributed by atoms with van der Waals surface area (Å²) in [5.41, 5.74) is 4.00. The minimum atomic E-state index is 0.362. The quantitative estimate of drug-likeness (QED) is 0.498. The van der Waals surface area contributed by atoms with Crippen LogP contribution in [0.5, 0.6) is 5.75 Å². The van der Waals surface area contributed by atoms with Crippen molar-refractivity contribution in [2.45, 2.75) is 37.1 Å². The van der Waals surface area contributed by atoms with Gasteiger partial charge in [-0.25, -0.2) is 0 Å². The molecule has 0 bridgehead atoms. The highest BCUT2D eigenvalue weighted by molar-refractivity contribution is 7.98. The zero-order valence-corrected chi connectivity index (χ0v) is 16.6. The van der Waals surface area contributed by atoms with Crippen molar-refractivity contribution in [1.29, 1.82) is 0 Å². The third-order valence-electron chi connectivity index (χ3n) is 5.39. The molecule has 0 fully saturated rings. The molecule has 0 amide bonds. The minimum absolute atomic E-state index is 0.362. The Morgan fingerprint density at radius 3 is 2.69 bits per heavy atom. The van der Waals surface area contributed by atoms with Gasteiger partial charge in [0.2, 0.25) is 0 Å². The van der Waals surface area contributed by atoms with Crippen LogP contribution in [0.2, 0.25) is 0 Å². The maximum atomic E-state index is 5.96. The van der Waals surface area contributed by atoms with Crippen LogP contribution in [0.15, 0.2) is 59.5 Å². The molecule has 2 aromatic rings. The van der Waals surface area contributed by atoms with Crippen LogP contribution in [0, 0.1) is 11.8 Å². The normalized spacial score (nSPS) is 23.5. The SMILES string of the molecule is CSc1ccc(C2Nc3ccc(OCC(C)C)cc3C3C=CCC32)cc1. The molecule has 1 aliphatic carbocycles. The van der Waals surface area contributed by atoms with Crippen LogP contribution in [-0.2, 0) is 0 Å². The molecule has 3 heteroatoms. The van der Waals surface area contributed by atoms with Gasteiger partial charge in [-0.15, -0.1) is 11.8 Å². The van der Waals surface area contributed by atoms with Crippen molar-refractivity contribution in [1.82, 2.24) is 0 Å². The lowest BCUT2D eigenvalue weighted by molar-refractivity contribution is 0.270. The molecule has 1 aliphatic heterocycles. The Bertz CT molecular complexity index is 796. The average Bonchev–Trinajstić information content (AvgIpc) is 3.16. The van der Waals surface area contributed by atoms with Gasteiger partial charge in [-0.05, 0) is 66.0 Å². The predicted molar refractivity (Wildman–Crippen MR) is 111 cm³/mol. The third kappa shape index (κ3) is 3.37. The van der Waals surface area contributed by atoms with E-state index in [1.54, 1.807) is 11.8 Å². The molecular formula is C23H27NOS. The monoisotopic (exact) mass is 365 g/mol. The topological polar surface area (TPSA) is 21.3 Å². The molecule has 136 valence electrons. The van der Waals surface area contributed by atoms with Gasteiger partial charge in [0.15, 0.2) is 0 Å². The fourth-order valence-corrected chi connectivity index (χ4v) is 4.47. The van der Waals surface area contributed by atoms with E-state index in [-0.39, 0.29) is 0 Å². The van der Waals surface area contributed by atoms with Crippen LogP contribution in [-0.4, -0.2) is 12.9 Å². The van der Waals surface area contributed by atoms with Crippen LogP contribution in [0.25, 0.3) is 0 Å². The summed E-state index contributed by atoms with van der Waals surface area (Å²) in [5.74, 6) is 2.57. The first-order valence-electron chi connectivity index (χ1n) is 9.49. The standard InChI is InChI=1S/C23H27NOS/c1-15(2)14-25-17-9-12-22-21(13-17)19-5-4-6-20(19)23(24-22)16-7-10-18(26-3)11-8-16/h4-5,7-13,15,19-20,23-24H,6,14H2,1-3H3. The molecule has 1 heterocycles. The van der Waals surface area contributed by atoms with Crippen molar-refractivity contribution in [3.63, 3.8) is 0 Å². The highest BCUT2D eigenvalue weighted by atomic mass is 32.2. The molecule has 2 aromatic carbocycles. The Hall–Kier alpha value is -1.87. The molecule has 3 unspecified atom stereocenters. The van der Waals surface area contributed by atoms with Crippen molar-refractivity contribution in [3.05, 3.63) is 65.7 Å². The van der Waals surface area contributed by atoms with Gasteiger partial charge >= 0.3 is 0 Å². The molecular weight excluding hydrogens is 338 g/mol. The Balaban J connectivity index is 1.63. The summed E-state index contributed by atoms with van der Waals surface area (Å²) in [4.78, 5) is 1.32. The second-order valence-corrected chi connectivity index (χ2v) is 8.58. The fourth-order valence-electron chi connectivity index (χ4n) is 4.07. The summed E-state index contributed by atoms with van der Waals surface area (Å²) in [6.45, 7) is 5.13. The van der Waals surface area contributed by atoms with Gasteiger partial charge in [-0.3, -0.25) is 0 Å². The number of thioether (sulfide) groups is 1. The number of rotatable bonds is 5. The van der Waals surface area contributed by atoms with Gasteiger partial charge in [-0.2, -0.15) is 0 Å². The van der Waals surface area contributed by atoms with E-state index in [4.69, 9.17) is 4.74 Å².